The first-order valence-electron chi connectivity index (χ1n) is 11.0. The Morgan fingerprint density at radius 1 is 1.18 bits per heavy atom. The normalized spacial score (nSPS) is 16.7. The highest BCUT2D eigenvalue weighted by Crippen LogP contribution is 2.35. The number of halogens is 3. The Balaban J connectivity index is 1.68. The summed E-state index contributed by atoms with van der Waals surface area (Å²) >= 11 is 0. The van der Waals surface area contributed by atoms with Gasteiger partial charge in [0.05, 0.1) is 19.9 Å². The first kappa shape index (κ1) is 23.8. The van der Waals surface area contributed by atoms with E-state index >= 15 is 0 Å². The van der Waals surface area contributed by atoms with Crippen LogP contribution in [0.1, 0.15) is 35.9 Å². The molecule has 1 atom stereocenters. The van der Waals surface area contributed by atoms with Gasteiger partial charge in [0, 0.05) is 24.2 Å². The number of hydrogen-bond acceptors (Lipinski definition) is 6. The number of fused-ring (bicyclic) bond motifs is 1. The number of benzene rings is 1. The first-order chi connectivity index (χ1) is 16.2. The molecule has 3 aromatic rings. The van der Waals surface area contributed by atoms with Crippen molar-refractivity contribution in [1.29, 1.82) is 0 Å². The summed E-state index contributed by atoms with van der Waals surface area (Å²) in [6, 6.07) is 7.10. The summed E-state index contributed by atoms with van der Waals surface area (Å²) in [6.45, 7) is 4.33. The summed E-state index contributed by atoms with van der Waals surface area (Å²) in [5.74, 6) is 0.265. The quantitative estimate of drug-likeness (QED) is 0.560. The lowest BCUT2D eigenvalue weighted by Crippen LogP contribution is -2.40. The number of carbonyl (C=O) groups excluding carboxylic acids is 1. The van der Waals surface area contributed by atoms with Gasteiger partial charge in [-0.25, -0.2) is 9.50 Å². The van der Waals surface area contributed by atoms with Gasteiger partial charge in [-0.1, -0.05) is 6.92 Å². The predicted molar refractivity (Wildman–Crippen MR) is 119 cm³/mol. The summed E-state index contributed by atoms with van der Waals surface area (Å²) < 4.78 is 52.8. The second-order valence-corrected chi connectivity index (χ2v) is 8.03. The van der Waals surface area contributed by atoms with Gasteiger partial charge in [-0.15, -0.1) is 0 Å². The number of nitrogens with zero attached hydrogens (tertiary/aromatic N) is 4. The minimum Gasteiger partial charge on any atom is -0.493 e. The van der Waals surface area contributed by atoms with E-state index in [0.29, 0.717) is 28.1 Å². The lowest BCUT2D eigenvalue weighted by Gasteiger charge is -2.22. The lowest BCUT2D eigenvalue weighted by molar-refractivity contribution is -0.142. The van der Waals surface area contributed by atoms with Crippen molar-refractivity contribution in [2.45, 2.75) is 32.0 Å². The number of ether oxygens (including phenoxy) is 2. The van der Waals surface area contributed by atoms with Crippen molar-refractivity contribution in [2.24, 2.45) is 0 Å². The molecule has 1 N–H and O–H groups in total. The van der Waals surface area contributed by atoms with Crippen molar-refractivity contribution in [2.75, 3.05) is 33.9 Å². The molecule has 3 heterocycles. The van der Waals surface area contributed by atoms with Crippen LogP contribution in [-0.4, -0.2) is 65.3 Å². The zero-order chi connectivity index (χ0) is 24.5. The van der Waals surface area contributed by atoms with Crippen LogP contribution >= 0.6 is 0 Å². The first-order valence-corrected chi connectivity index (χ1v) is 11.0. The number of alkyl halides is 3. The van der Waals surface area contributed by atoms with Gasteiger partial charge < -0.3 is 14.8 Å². The molecule has 1 aliphatic rings. The number of aromatic nitrogens is 3. The van der Waals surface area contributed by atoms with Crippen LogP contribution in [-0.2, 0) is 6.18 Å². The van der Waals surface area contributed by atoms with E-state index in [0.717, 1.165) is 32.0 Å². The second kappa shape index (κ2) is 9.49. The molecule has 0 aliphatic carbocycles. The van der Waals surface area contributed by atoms with Crippen LogP contribution in [0.3, 0.4) is 0 Å². The minimum atomic E-state index is -4.71. The zero-order valence-electron chi connectivity index (χ0n) is 19.1. The lowest BCUT2D eigenvalue weighted by atomic mass is 10.1. The van der Waals surface area contributed by atoms with Crippen molar-refractivity contribution < 1.29 is 27.4 Å². The molecule has 0 saturated carbocycles. The third-order valence-corrected chi connectivity index (χ3v) is 6.03. The van der Waals surface area contributed by atoms with E-state index in [-0.39, 0.29) is 23.1 Å². The SMILES string of the molecule is CCN1CCCC1CNC(=O)c1cc2nc(-c3ccc(OC)c(OC)c3)cc(C(F)(F)F)n2n1. The van der Waals surface area contributed by atoms with E-state index in [9.17, 15) is 18.0 Å². The van der Waals surface area contributed by atoms with Crippen LogP contribution in [0.5, 0.6) is 11.5 Å². The van der Waals surface area contributed by atoms with E-state index in [1.54, 1.807) is 18.2 Å². The molecule has 1 amide bonds. The molecule has 8 nitrogen and oxygen atoms in total. The Morgan fingerprint density at radius 2 is 1.94 bits per heavy atom. The molecular formula is C23H26F3N5O3. The third kappa shape index (κ3) is 4.65. The molecule has 11 heteroatoms. The third-order valence-electron chi connectivity index (χ3n) is 6.03. The van der Waals surface area contributed by atoms with Gasteiger partial charge in [0.2, 0.25) is 0 Å². The average Bonchev–Trinajstić information content (AvgIpc) is 3.47. The van der Waals surface area contributed by atoms with E-state index in [2.05, 4.69) is 27.2 Å². The van der Waals surface area contributed by atoms with Crippen LogP contribution in [0.15, 0.2) is 30.3 Å². The van der Waals surface area contributed by atoms with E-state index < -0.39 is 17.8 Å². The standard InChI is InChI=1S/C23H26F3N5O3/c1-4-30-9-5-6-15(30)13-27-22(32)17-12-21-28-16(11-20(23(24,25)26)31(21)29-17)14-7-8-18(33-2)19(10-14)34-3/h7-8,10-12,15H,4-6,9,13H2,1-3H3,(H,27,32). The maximum absolute atomic E-state index is 13.9. The number of likely N-dealkylation sites (tertiary alicyclic amines) is 1. The van der Waals surface area contributed by atoms with Crippen molar-refractivity contribution in [3.05, 3.63) is 41.7 Å². The Kier molecular flexibility index (Phi) is 6.65. The van der Waals surface area contributed by atoms with Crippen molar-refractivity contribution in [3.63, 3.8) is 0 Å². The molecule has 0 bridgehead atoms. The largest absolute Gasteiger partial charge is 0.493 e. The Morgan fingerprint density at radius 3 is 2.62 bits per heavy atom. The van der Waals surface area contributed by atoms with Crippen molar-refractivity contribution in [3.8, 4) is 22.8 Å². The van der Waals surface area contributed by atoms with E-state index in [1.165, 1.54) is 20.3 Å². The summed E-state index contributed by atoms with van der Waals surface area (Å²) in [7, 11) is 2.90. The molecule has 1 saturated heterocycles. The van der Waals surface area contributed by atoms with Crippen molar-refractivity contribution >= 4 is 11.6 Å². The molecule has 0 radical (unpaired) electrons. The maximum atomic E-state index is 13.9. The number of nitrogens with one attached hydrogen (secondary N) is 1. The van der Waals surface area contributed by atoms with Gasteiger partial charge >= 0.3 is 6.18 Å². The van der Waals surface area contributed by atoms with Gasteiger partial charge in [-0.2, -0.15) is 18.3 Å². The smallest absolute Gasteiger partial charge is 0.433 e. The molecule has 182 valence electrons. The number of methoxy groups -OCH3 is 2. The fraction of sp³-hybridized carbons (Fsp3) is 0.435. The maximum Gasteiger partial charge on any atom is 0.433 e. The Bertz CT molecular complexity index is 1190. The van der Waals surface area contributed by atoms with Crippen LogP contribution in [0.25, 0.3) is 16.9 Å². The van der Waals surface area contributed by atoms with Gasteiger partial charge in [-0.05, 0) is 50.2 Å². The minimum absolute atomic E-state index is 0.0668. The molecule has 0 spiro atoms. The van der Waals surface area contributed by atoms with Crippen LogP contribution in [0.4, 0.5) is 13.2 Å². The molecule has 2 aromatic heterocycles. The Hall–Kier alpha value is -3.34. The monoisotopic (exact) mass is 477 g/mol. The van der Waals surface area contributed by atoms with Crippen molar-refractivity contribution in [1.82, 2.24) is 24.8 Å². The number of carbonyl (C=O) groups is 1. The predicted octanol–water partition coefficient (Wildman–Crippen LogP) is 3.65. The van der Waals surface area contributed by atoms with E-state index in [1.807, 2.05) is 0 Å². The fourth-order valence-electron chi connectivity index (χ4n) is 4.27. The molecular weight excluding hydrogens is 451 g/mol. The molecule has 34 heavy (non-hydrogen) atoms. The van der Waals surface area contributed by atoms with E-state index in [4.69, 9.17) is 9.47 Å². The summed E-state index contributed by atoms with van der Waals surface area (Å²) in [5.41, 5.74) is -0.769. The van der Waals surface area contributed by atoms with Gasteiger partial charge in [0.25, 0.3) is 5.91 Å². The molecule has 4 rings (SSSR count). The number of hydrogen-bond donors (Lipinski definition) is 1. The van der Waals surface area contributed by atoms with Crippen LogP contribution in [0, 0.1) is 0 Å². The zero-order valence-corrected chi connectivity index (χ0v) is 19.1. The average molecular weight is 477 g/mol. The number of rotatable bonds is 7. The second-order valence-electron chi connectivity index (χ2n) is 8.03. The summed E-state index contributed by atoms with van der Waals surface area (Å²) in [5, 5.41) is 6.73. The molecule has 1 unspecified atom stereocenters. The van der Waals surface area contributed by atoms with Gasteiger partial charge in [0.15, 0.2) is 28.5 Å². The molecule has 1 fully saturated rings. The van der Waals surface area contributed by atoms with Crippen LogP contribution < -0.4 is 14.8 Å². The number of likely N-dealkylation sites (N-methyl/N-ethyl adjacent to an activating group) is 1. The molecule has 1 aromatic carbocycles. The fourth-order valence-corrected chi connectivity index (χ4v) is 4.27. The molecule has 1 aliphatic heterocycles. The highest BCUT2D eigenvalue weighted by molar-refractivity contribution is 5.93. The highest BCUT2D eigenvalue weighted by Gasteiger charge is 2.36. The Labute approximate surface area is 194 Å². The van der Waals surface area contributed by atoms with Gasteiger partial charge in [0.1, 0.15) is 0 Å². The van der Waals surface area contributed by atoms with Gasteiger partial charge in [-0.3, -0.25) is 9.69 Å². The van der Waals surface area contributed by atoms with Crippen LogP contribution in [0.2, 0.25) is 0 Å². The number of amides is 1. The summed E-state index contributed by atoms with van der Waals surface area (Å²) in [6.07, 6.45) is -2.69. The topological polar surface area (TPSA) is 81.0 Å². The highest BCUT2D eigenvalue weighted by atomic mass is 19.4. The summed E-state index contributed by atoms with van der Waals surface area (Å²) in [4.78, 5) is 19.3.